The van der Waals surface area contributed by atoms with Crippen molar-refractivity contribution in [3.63, 3.8) is 0 Å². The number of aryl methyl sites for hydroxylation is 3. The van der Waals surface area contributed by atoms with Gasteiger partial charge >= 0.3 is 8.03 Å². The summed E-state index contributed by atoms with van der Waals surface area (Å²) >= 11 is 0. The highest BCUT2D eigenvalue weighted by atomic mass is 31.1. The quantitative estimate of drug-likeness (QED) is 0.689. The minimum Gasteiger partial charge on any atom is -0.138 e. The Balaban J connectivity index is 2.20. The zero-order valence-electron chi connectivity index (χ0n) is 14.8. The Labute approximate surface area is 136 Å². The van der Waals surface area contributed by atoms with E-state index in [1.54, 1.807) is 0 Å². The van der Waals surface area contributed by atoms with Gasteiger partial charge in [0.1, 0.15) is 6.10 Å². The molecule has 1 saturated carbocycles. The predicted molar refractivity (Wildman–Crippen MR) is 94.1 cm³/mol. The average Bonchev–Trinajstić information content (AvgIpc) is 2.36. The Morgan fingerprint density at radius 2 is 1.73 bits per heavy atom. The molecule has 122 valence electrons. The van der Waals surface area contributed by atoms with Crippen molar-refractivity contribution in [2.45, 2.75) is 66.9 Å². The fourth-order valence-electron chi connectivity index (χ4n) is 3.87. The molecule has 1 unspecified atom stereocenters. The molecule has 1 aliphatic carbocycles. The van der Waals surface area contributed by atoms with Crippen LogP contribution < -0.4 is 5.30 Å². The van der Waals surface area contributed by atoms with Gasteiger partial charge in [-0.2, -0.15) is 0 Å². The normalized spacial score (nSPS) is 26.3. The third-order valence-electron chi connectivity index (χ3n) is 5.01. The van der Waals surface area contributed by atoms with Gasteiger partial charge in [-0.1, -0.05) is 44.9 Å². The lowest BCUT2D eigenvalue weighted by Crippen LogP contribution is -2.33. The highest BCUT2D eigenvalue weighted by molar-refractivity contribution is 7.48. The van der Waals surface area contributed by atoms with Crippen LogP contribution in [0.25, 0.3) is 0 Å². The predicted octanol–water partition coefficient (Wildman–Crippen LogP) is 5.46. The smallest absolute Gasteiger partial charge is 0.138 e. The highest BCUT2D eigenvalue weighted by Gasteiger charge is 2.39. The lowest BCUT2D eigenvalue weighted by molar-refractivity contribution is 0.0538. The van der Waals surface area contributed by atoms with Crippen LogP contribution in [0.1, 0.15) is 56.7 Å². The molecule has 1 aromatic rings. The molecule has 0 amide bonds. The molecule has 0 N–H and O–H groups in total. The van der Waals surface area contributed by atoms with E-state index in [9.17, 15) is 4.57 Å². The van der Waals surface area contributed by atoms with Gasteiger partial charge in [-0.15, -0.1) is 4.52 Å². The highest BCUT2D eigenvalue weighted by Crippen LogP contribution is 2.40. The zero-order valence-corrected chi connectivity index (χ0v) is 15.7. The maximum Gasteiger partial charge on any atom is 0.549 e. The van der Waals surface area contributed by atoms with E-state index in [0.717, 1.165) is 22.9 Å². The maximum absolute atomic E-state index is 12.9. The van der Waals surface area contributed by atoms with Crippen molar-refractivity contribution in [2.24, 2.45) is 17.8 Å². The van der Waals surface area contributed by atoms with Crippen LogP contribution in [-0.2, 0) is 9.09 Å². The number of hydrogen-bond acceptors (Lipinski definition) is 2. The fourth-order valence-corrected chi connectivity index (χ4v) is 5.17. The Morgan fingerprint density at radius 1 is 1.14 bits per heavy atom. The molecule has 1 aromatic carbocycles. The summed E-state index contributed by atoms with van der Waals surface area (Å²) in [6, 6.07) is 4.20. The van der Waals surface area contributed by atoms with Crippen LogP contribution in [0.15, 0.2) is 12.1 Å². The fraction of sp³-hybridized carbons (Fsp3) is 0.684. The minimum atomic E-state index is -1.77. The second kappa shape index (κ2) is 7.23. The topological polar surface area (TPSA) is 26.3 Å². The summed E-state index contributed by atoms with van der Waals surface area (Å²) in [7, 11) is -1.77. The largest absolute Gasteiger partial charge is 0.549 e. The Bertz CT molecular complexity index is 527. The SMILES string of the molecule is Cc1cc(C)c([P+](=O)O[C@@H]2C[C@@H](C)CC[C@H]2C(C)C)c(C)c1. The van der Waals surface area contributed by atoms with E-state index in [0.29, 0.717) is 17.8 Å². The van der Waals surface area contributed by atoms with Crippen molar-refractivity contribution >= 4 is 13.3 Å². The monoisotopic (exact) mass is 321 g/mol. The molecular weight excluding hydrogens is 291 g/mol. The minimum absolute atomic E-state index is 0.132. The van der Waals surface area contributed by atoms with Gasteiger partial charge in [0.25, 0.3) is 0 Å². The standard InChI is InChI=1S/C19H30O2P/c1-12(2)17-8-7-13(3)11-18(17)21-22(20)19-15(5)9-14(4)10-16(19)6/h9-10,12-13,17-18H,7-8,11H2,1-6H3/q+1/t13-,17-,18+/m0/s1. The van der Waals surface area contributed by atoms with E-state index >= 15 is 0 Å². The van der Waals surface area contributed by atoms with Crippen LogP contribution in [0, 0.1) is 38.5 Å². The number of hydrogen-bond donors (Lipinski definition) is 0. The van der Waals surface area contributed by atoms with Crippen LogP contribution in [0.4, 0.5) is 0 Å². The van der Waals surface area contributed by atoms with Crippen LogP contribution in [-0.4, -0.2) is 6.10 Å². The molecule has 0 saturated heterocycles. The van der Waals surface area contributed by atoms with Crippen molar-refractivity contribution in [3.05, 3.63) is 28.8 Å². The van der Waals surface area contributed by atoms with Gasteiger partial charge in [0.15, 0.2) is 0 Å². The second-order valence-corrected chi connectivity index (χ2v) is 8.65. The summed E-state index contributed by atoms with van der Waals surface area (Å²) in [5.74, 6) is 1.78. The van der Waals surface area contributed by atoms with Crippen molar-refractivity contribution in [1.82, 2.24) is 0 Å². The van der Waals surface area contributed by atoms with E-state index in [-0.39, 0.29) is 6.10 Å². The van der Waals surface area contributed by atoms with Crippen LogP contribution >= 0.6 is 8.03 Å². The molecule has 2 rings (SSSR count). The summed E-state index contributed by atoms with van der Waals surface area (Å²) in [4.78, 5) is 0. The molecule has 0 spiro atoms. The van der Waals surface area contributed by atoms with E-state index in [4.69, 9.17) is 4.52 Å². The van der Waals surface area contributed by atoms with Crippen LogP contribution in [0.5, 0.6) is 0 Å². The molecule has 22 heavy (non-hydrogen) atoms. The molecule has 0 bridgehead atoms. The van der Waals surface area contributed by atoms with Gasteiger partial charge in [0.05, 0.1) is 0 Å². The molecule has 0 heterocycles. The van der Waals surface area contributed by atoms with Gasteiger partial charge in [0.2, 0.25) is 5.30 Å². The summed E-state index contributed by atoms with van der Waals surface area (Å²) in [5.41, 5.74) is 3.39. The first-order valence-corrected chi connectivity index (χ1v) is 9.69. The number of benzene rings is 1. The Hall–Kier alpha value is -0.720. The molecule has 4 atom stereocenters. The molecule has 0 aromatic heterocycles. The van der Waals surface area contributed by atoms with Crippen molar-refractivity contribution < 1.29 is 9.09 Å². The van der Waals surface area contributed by atoms with Gasteiger partial charge in [-0.05, 0) is 55.9 Å². The average molecular weight is 321 g/mol. The second-order valence-electron chi connectivity index (χ2n) is 7.47. The van der Waals surface area contributed by atoms with Gasteiger partial charge in [0, 0.05) is 11.1 Å². The first kappa shape index (κ1) is 17.6. The number of rotatable bonds is 4. The molecule has 0 radical (unpaired) electrons. The molecule has 3 heteroatoms. The molecule has 0 aliphatic heterocycles. The van der Waals surface area contributed by atoms with Gasteiger partial charge in [-0.25, -0.2) is 0 Å². The molecular formula is C19H30O2P+. The Kier molecular flexibility index (Phi) is 5.80. The van der Waals surface area contributed by atoms with E-state index < -0.39 is 8.03 Å². The lowest BCUT2D eigenvalue weighted by atomic mass is 9.75. The van der Waals surface area contributed by atoms with Crippen LogP contribution in [0.3, 0.4) is 0 Å². The first-order chi connectivity index (χ1) is 10.3. The summed E-state index contributed by atoms with van der Waals surface area (Å²) in [5, 5.41) is 0.904. The lowest BCUT2D eigenvalue weighted by Gasteiger charge is -2.33. The summed E-state index contributed by atoms with van der Waals surface area (Å²) < 4.78 is 19.0. The van der Waals surface area contributed by atoms with E-state index in [1.165, 1.54) is 18.4 Å². The summed E-state index contributed by atoms with van der Waals surface area (Å²) in [6.45, 7) is 12.9. The van der Waals surface area contributed by atoms with E-state index in [1.807, 2.05) is 13.8 Å². The third-order valence-corrected chi connectivity index (χ3v) is 6.54. The van der Waals surface area contributed by atoms with Crippen molar-refractivity contribution in [2.75, 3.05) is 0 Å². The van der Waals surface area contributed by atoms with Gasteiger partial charge < -0.3 is 0 Å². The first-order valence-electron chi connectivity index (χ1n) is 8.51. The summed E-state index contributed by atoms with van der Waals surface area (Å²) in [6.07, 6.45) is 3.63. The van der Waals surface area contributed by atoms with E-state index in [2.05, 4.69) is 39.8 Å². The molecule has 2 nitrogen and oxygen atoms in total. The zero-order chi connectivity index (χ0) is 16.4. The molecule has 1 fully saturated rings. The Morgan fingerprint density at radius 3 is 2.27 bits per heavy atom. The van der Waals surface area contributed by atoms with Crippen molar-refractivity contribution in [1.29, 1.82) is 0 Å². The third kappa shape index (κ3) is 3.97. The van der Waals surface area contributed by atoms with Gasteiger partial charge in [-0.3, -0.25) is 0 Å². The maximum atomic E-state index is 12.9. The molecule has 1 aliphatic rings. The van der Waals surface area contributed by atoms with Crippen LogP contribution in [0.2, 0.25) is 0 Å². The van der Waals surface area contributed by atoms with Crippen molar-refractivity contribution in [3.8, 4) is 0 Å².